The Kier molecular flexibility index (Phi) is 3.30. The molecule has 1 aromatic carbocycles. The maximum atomic E-state index is 12.7. The number of amides is 1. The van der Waals surface area contributed by atoms with Gasteiger partial charge in [0.15, 0.2) is 0 Å². The standard InChI is InChI=1S/C16H16N4O/c1-16(11-17)5-9-20(10-6-16)15(21)12-3-2-4-13-14(12)19-8-7-18-13/h2-4,7-8H,5-6,9-10H2,1H3. The van der Waals surface area contributed by atoms with Crippen LogP contribution in [-0.2, 0) is 0 Å². The van der Waals surface area contributed by atoms with Gasteiger partial charge in [-0.15, -0.1) is 0 Å². The van der Waals surface area contributed by atoms with Crippen LogP contribution in [0.4, 0.5) is 0 Å². The van der Waals surface area contributed by atoms with E-state index < -0.39 is 0 Å². The molecule has 3 rings (SSSR count). The van der Waals surface area contributed by atoms with Gasteiger partial charge in [0, 0.05) is 25.5 Å². The minimum absolute atomic E-state index is 0.0268. The van der Waals surface area contributed by atoms with Crippen LogP contribution in [0.3, 0.4) is 0 Å². The molecule has 2 heterocycles. The van der Waals surface area contributed by atoms with E-state index in [1.165, 1.54) is 0 Å². The summed E-state index contributed by atoms with van der Waals surface area (Å²) >= 11 is 0. The molecule has 5 heteroatoms. The highest BCUT2D eigenvalue weighted by Crippen LogP contribution is 2.30. The molecule has 0 spiro atoms. The number of carbonyl (C=O) groups excluding carboxylic acids is 1. The van der Waals surface area contributed by atoms with E-state index >= 15 is 0 Å². The molecular weight excluding hydrogens is 264 g/mol. The highest BCUT2D eigenvalue weighted by Gasteiger charge is 2.32. The molecule has 0 bridgehead atoms. The third-order valence-electron chi connectivity index (χ3n) is 4.15. The number of carbonyl (C=O) groups is 1. The molecule has 21 heavy (non-hydrogen) atoms. The zero-order valence-electron chi connectivity index (χ0n) is 11.9. The summed E-state index contributed by atoms with van der Waals surface area (Å²) in [6.45, 7) is 3.18. The lowest BCUT2D eigenvalue weighted by Crippen LogP contribution is -2.41. The highest BCUT2D eigenvalue weighted by atomic mass is 16.2. The average molecular weight is 280 g/mol. The first-order valence-electron chi connectivity index (χ1n) is 7.03. The molecular formula is C16H16N4O. The summed E-state index contributed by atoms with van der Waals surface area (Å²) in [5.74, 6) is -0.0268. The molecule has 1 aliphatic heterocycles. The first-order valence-corrected chi connectivity index (χ1v) is 7.03. The molecule has 106 valence electrons. The number of nitriles is 1. The van der Waals surface area contributed by atoms with Crippen molar-refractivity contribution in [3.8, 4) is 6.07 Å². The summed E-state index contributed by atoms with van der Waals surface area (Å²) < 4.78 is 0. The Labute approximate surface area is 123 Å². The second-order valence-electron chi connectivity index (χ2n) is 5.69. The maximum Gasteiger partial charge on any atom is 0.256 e. The van der Waals surface area contributed by atoms with Gasteiger partial charge < -0.3 is 4.90 Å². The Bertz CT molecular complexity index is 721. The first kappa shape index (κ1) is 13.5. The average Bonchev–Trinajstić information content (AvgIpc) is 2.54. The Morgan fingerprint density at radius 1 is 1.29 bits per heavy atom. The summed E-state index contributed by atoms with van der Waals surface area (Å²) in [6, 6.07) is 7.81. The van der Waals surface area contributed by atoms with Crippen molar-refractivity contribution < 1.29 is 4.79 Å². The summed E-state index contributed by atoms with van der Waals surface area (Å²) in [7, 11) is 0. The van der Waals surface area contributed by atoms with E-state index in [0.717, 1.165) is 5.52 Å². The van der Waals surface area contributed by atoms with Crippen LogP contribution in [0.5, 0.6) is 0 Å². The van der Waals surface area contributed by atoms with Gasteiger partial charge in [-0.05, 0) is 31.9 Å². The molecule has 0 saturated carbocycles. The van der Waals surface area contributed by atoms with Crippen LogP contribution in [0.25, 0.3) is 11.0 Å². The van der Waals surface area contributed by atoms with Gasteiger partial charge in [-0.25, -0.2) is 0 Å². The van der Waals surface area contributed by atoms with Crippen molar-refractivity contribution in [3.05, 3.63) is 36.2 Å². The fourth-order valence-electron chi connectivity index (χ4n) is 2.65. The number of para-hydroxylation sites is 1. The lowest BCUT2D eigenvalue weighted by Gasteiger charge is -2.35. The minimum Gasteiger partial charge on any atom is -0.338 e. The van der Waals surface area contributed by atoms with Crippen molar-refractivity contribution in [2.45, 2.75) is 19.8 Å². The molecule has 1 aliphatic rings. The highest BCUT2D eigenvalue weighted by molar-refractivity contribution is 6.04. The van der Waals surface area contributed by atoms with Gasteiger partial charge in [0.05, 0.1) is 22.6 Å². The lowest BCUT2D eigenvalue weighted by molar-refractivity contribution is 0.0663. The summed E-state index contributed by atoms with van der Waals surface area (Å²) in [6.07, 6.45) is 4.65. The molecule has 0 radical (unpaired) electrons. The number of piperidine rings is 1. The Morgan fingerprint density at radius 3 is 2.71 bits per heavy atom. The zero-order valence-corrected chi connectivity index (χ0v) is 11.9. The van der Waals surface area contributed by atoms with Crippen LogP contribution in [0.1, 0.15) is 30.1 Å². The van der Waals surface area contributed by atoms with Gasteiger partial charge in [0.2, 0.25) is 0 Å². The topological polar surface area (TPSA) is 69.9 Å². The van der Waals surface area contributed by atoms with Crippen molar-refractivity contribution in [2.75, 3.05) is 13.1 Å². The van der Waals surface area contributed by atoms with E-state index in [0.29, 0.717) is 37.0 Å². The van der Waals surface area contributed by atoms with E-state index in [-0.39, 0.29) is 11.3 Å². The van der Waals surface area contributed by atoms with Crippen LogP contribution in [0.15, 0.2) is 30.6 Å². The summed E-state index contributed by atoms with van der Waals surface area (Å²) in [4.78, 5) is 23.0. The fraction of sp³-hybridized carbons (Fsp3) is 0.375. The van der Waals surface area contributed by atoms with Gasteiger partial charge in [-0.1, -0.05) is 6.07 Å². The maximum absolute atomic E-state index is 12.7. The van der Waals surface area contributed by atoms with Gasteiger partial charge in [0.1, 0.15) is 5.52 Å². The predicted molar refractivity (Wildman–Crippen MR) is 78.4 cm³/mol. The van der Waals surface area contributed by atoms with Crippen LogP contribution in [0.2, 0.25) is 0 Å². The zero-order chi connectivity index (χ0) is 14.9. The molecule has 1 amide bonds. The van der Waals surface area contributed by atoms with Crippen LogP contribution < -0.4 is 0 Å². The Balaban J connectivity index is 1.87. The first-order chi connectivity index (χ1) is 10.1. The van der Waals surface area contributed by atoms with E-state index in [2.05, 4.69) is 16.0 Å². The predicted octanol–water partition coefficient (Wildman–Crippen LogP) is 2.40. The Hall–Kier alpha value is -2.48. The molecule has 2 aromatic rings. The summed E-state index contributed by atoms with van der Waals surface area (Å²) in [5, 5.41) is 9.16. The number of rotatable bonds is 1. The molecule has 1 saturated heterocycles. The number of benzene rings is 1. The second-order valence-corrected chi connectivity index (χ2v) is 5.69. The number of likely N-dealkylation sites (tertiary alicyclic amines) is 1. The molecule has 5 nitrogen and oxygen atoms in total. The second kappa shape index (κ2) is 5.13. The minimum atomic E-state index is -0.310. The molecule has 1 aromatic heterocycles. The molecule has 0 aliphatic carbocycles. The number of nitrogens with zero attached hydrogens (tertiary/aromatic N) is 4. The van der Waals surface area contributed by atoms with Crippen LogP contribution in [-0.4, -0.2) is 33.9 Å². The van der Waals surface area contributed by atoms with Gasteiger partial charge in [-0.3, -0.25) is 14.8 Å². The lowest BCUT2D eigenvalue weighted by atomic mass is 9.82. The normalized spacial score (nSPS) is 17.4. The largest absolute Gasteiger partial charge is 0.338 e. The van der Waals surface area contributed by atoms with Gasteiger partial charge >= 0.3 is 0 Å². The number of aromatic nitrogens is 2. The van der Waals surface area contributed by atoms with Crippen LogP contribution >= 0.6 is 0 Å². The third kappa shape index (κ3) is 2.45. The quantitative estimate of drug-likeness (QED) is 0.804. The monoisotopic (exact) mass is 280 g/mol. The van der Waals surface area contributed by atoms with Crippen molar-refractivity contribution in [2.24, 2.45) is 5.41 Å². The third-order valence-corrected chi connectivity index (χ3v) is 4.15. The molecule has 0 unspecified atom stereocenters. The van der Waals surface area contributed by atoms with E-state index in [1.54, 1.807) is 18.5 Å². The molecule has 1 fully saturated rings. The van der Waals surface area contributed by atoms with E-state index in [1.807, 2.05) is 24.0 Å². The van der Waals surface area contributed by atoms with Gasteiger partial charge in [0.25, 0.3) is 5.91 Å². The number of hydrogen-bond acceptors (Lipinski definition) is 4. The van der Waals surface area contributed by atoms with Crippen molar-refractivity contribution in [3.63, 3.8) is 0 Å². The number of fused-ring (bicyclic) bond motifs is 1. The fourth-order valence-corrected chi connectivity index (χ4v) is 2.65. The van der Waals surface area contributed by atoms with E-state index in [4.69, 9.17) is 5.26 Å². The van der Waals surface area contributed by atoms with Crippen molar-refractivity contribution in [1.82, 2.24) is 14.9 Å². The Morgan fingerprint density at radius 2 is 2.00 bits per heavy atom. The van der Waals surface area contributed by atoms with E-state index in [9.17, 15) is 4.79 Å². The molecule has 0 N–H and O–H groups in total. The van der Waals surface area contributed by atoms with Gasteiger partial charge in [-0.2, -0.15) is 5.26 Å². The smallest absolute Gasteiger partial charge is 0.256 e. The number of hydrogen-bond donors (Lipinski definition) is 0. The summed E-state index contributed by atoms with van der Waals surface area (Å²) in [5.41, 5.74) is 1.64. The van der Waals surface area contributed by atoms with Crippen LogP contribution in [0, 0.1) is 16.7 Å². The SMILES string of the molecule is CC1(C#N)CCN(C(=O)c2cccc3nccnc23)CC1. The van der Waals surface area contributed by atoms with Crippen molar-refractivity contribution in [1.29, 1.82) is 5.26 Å². The molecule has 0 atom stereocenters. The van der Waals surface area contributed by atoms with Crippen molar-refractivity contribution >= 4 is 16.9 Å².